The summed E-state index contributed by atoms with van der Waals surface area (Å²) >= 11 is 3.48. The van der Waals surface area contributed by atoms with Crippen molar-refractivity contribution in [2.24, 2.45) is 5.92 Å². The maximum atomic E-state index is 12.4. The van der Waals surface area contributed by atoms with E-state index in [1.807, 2.05) is 24.3 Å². The minimum Gasteiger partial charge on any atom is -0.353 e. The Bertz CT molecular complexity index is 570. The predicted molar refractivity (Wildman–Crippen MR) is 89.6 cm³/mol. The summed E-state index contributed by atoms with van der Waals surface area (Å²) in [5, 5.41) is 3.14. The highest BCUT2D eigenvalue weighted by Gasteiger charge is 2.36. The van der Waals surface area contributed by atoms with Gasteiger partial charge in [0.05, 0.1) is 11.6 Å². The minimum absolute atomic E-state index is 0.0238. The number of amides is 2. The van der Waals surface area contributed by atoms with Gasteiger partial charge >= 0.3 is 0 Å². The molecule has 1 saturated heterocycles. The van der Waals surface area contributed by atoms with Gasteiger partial charge in [-0.05, 0) is 40.9 Å². The molecule has 1 heterocycles. The quantitative estimate of drug-likeness (QED) is 0.894. The number of nitrogens with one attached hydrogen (secondary N) is 1. The molecule has 0 radical (unpaired) electrons. The summed E-state index contributed by atoms with van der Waals surface area (Å²) < 4.78 is 0.886. The average molecular weight is 365 g/mol. The molecule has 2 amide bonds. The number of halogens is 1. The standard InChI is InChI=1S/C17H21BrN2O2/c18-14-8-4-5-9-15(14)20-11-12(10-16(20)21)17(22)19-13-6-2-1-3-7-13/h4-5,8-9,12-13H,1-3,6-7,10-11H2,(H,19,22)/t12-/m0/s1. The Kier molecular flexibility index (Phi) is 4.81. The van der Waals surface area contributed by atoms with Crippen LogP contribution in [0.15, 0.2) is 28.7 Å². The topological polar surface area (TPSA) is 49.4 Å². The normalized spacial score (nSPS) is 22.9. The molecule has 4 nitrogen and oxygen atoms in total. The molecule has 1 aromatic carbocycles. The highest BCUT2D eigenvalue weighted by Crippen LogP contribution is 2.31. The van der Waals surface area contributed by atoms with E-state index in [-0.39, 0.29) is 17.7 Å². The molecule has 1 aliphatic carbocycles. The number of hydrogen-bond donors (Lipinski definition) is 1. The van der Waals surface area contributed by atoms with Crippen LogP contribution < -0.4 is 10.2 Å². The van der Waals surface area contributed by atoms with Crippen molar-refractivity contribution in [1.29, 1.82) is 0 Å². The maximum absolute atomic E-state index is 12.4. The van der Waals surface area contributed by atoms with Gasteiger partial charge in [-0.3, -0.25) is 9.59 Å². The van der Waals surface area contributed by atoms with Crippen LogP contribution in [0.5, 0.6) is 0 Å². The van der Waals surface area contributed by atoms with E-state index >= 15 is 0 Å². The first-order valence-electron chi connectivity index (χ1n) is 8.00. The Labute approximate surface area is 139 Å². The molecule has 1 aromatic rings. The van der Waals surface area contributed by atoms with E-state index in [1.54, 1.807) is 4.90 Å². The highest BCUT2D eigenvalue weighted by atomic mass is 79.9. The molecule has 0 spiro atoms. The zero-order valence-electron chi connectivity index (χ0n) is 12.6. The SMILES string of the molecule is O=C(NC1CCCCC1)[C@H]1CC(=O)N(c2ccccc2Br)C1. The second-order valence-electron chi connectivity index (χ2n) is 6.20. The monoisotopic (exact) mass is 364 g/mol. The van der Waals surface area contributed by atoms with Crippen LogP contribution in [0.1, 0.15) is 38.5 Å². The smallest absolute Gasteiger partial charge is 0.227 e. The zero-order valence-corrected chi connectivity index (χ0v) is 14.1. The Morgan fingerprint density at radius 3 is 2.64 bits per heavy atom. The summed E-state index contributed by atoms with van der Waals surface area (Å²) in [4.78, 5) is 26.4. The molecule has 0 unspecified atom stereocenters. The van der Waals surface area contributed by atoms with E-state index in [2.05, 4.69) is 21.2 Å². The molecule has 5 heteroatoms. The zero-order chi connectivity index (χ0) is 15.5. The van der Waals surface area contributed by atoms with Gasteiger partial charge in [0.2, 0.25) is 11.8 Å². The lowest BCUT2D eigenvalue weighted by Crippen LogP contribution is -2.40. The summed E-state index contributed by atoms with van der Waals surface area (Å²) in [7, 11) is 0. The number of carbonyl (C=O) groups is 2. The molecular formula is C17H21BrN2O2. The fourth-order valence-electron chi connectivity index (χ4n) is 3.35. The third-order valence-corrected chi connectivity index (χ3v) is 5.26. The maximum Gasteiger partial charge on any atom is 0.227 e. The first-order chi connectivity index (χ1) is 10.6. The van der Waals surface area contributed by atoms with Gasteiger partial charge in [0.1, 0.15) is 0 Å². The fraction of sp³-hybridized carbons (Fsp3) is 0.529. The van der Waals surface area contributed by atoms with E-state index in [0.29, 0.717) is 19.0 Å². The molecule has 2 fully saturated rings. The second-order valence-corrected chi connectivity index (χ2v) is 7.05. The van der Waals surface area contributed by atoms with Crippen molar-refractivity contribution < 1.29 is 9.59 Å². The number of anilines is 1. The van der Waals surface area contributed by atoms with E-state index in [9.17, 15) is 9.59 Å². The third-order valence-electron chi connectivity index (χ3n) is 4.59. The number of hydrogen-bond acceptors (Lipinski definition) is 2. The summed E-state index contributed by atoms with van der Waals surface area (Å²) in [6, 6.07) is 7.94. The summed E-state index contributed by atoms with van der Waals surface area (Å²) in [5.41, 5.74) is 0.848. The largest absolute Gasteiger partial charge is 0.353 e. The van der Waals surface area contributed by atoms with E-state index in [0.717, 1.165) is 23.0 Å². The van der Waals surface area contributed by atoms with Crippen LogP contribution in [0.3, 0.4) is 0 Å². The molecular weight excluding hydrogens is 344 g/mol. The first-order valence-corrected chi connectivity index (χ1v) is 8.79. The summed E-state index contributed by atoms with van der Waals surface area (Å²) in [5.74, 6) is -0.174. The van der Waals surface area contributed by atoms with Crippen LogP contribution in [-0.4, -0.2) is 24.4 Å². The van der Waals surface area contributed by atoms with Gasteiger partial charge in [0.15, 0.2) is 0 Å². The summed E-state index contributed by atoms with van der Waals surface area (Å²) in [6.45, 7) is 0.472. The molecule has 22 heavy (non-hydrogen) atoms. The van der Waals surface area contributed by atoms with Crippen molar-refractivity contribution in [1.82, 2.24) is 5.32 Å². The predicted octanol–water partition coefficient (Wildman–Crippen LogP) is 3.25. The molecule has 0 aromatic heterocycles. The van der Waals surface area contributed by atoms with Crippen molar-refractivity contribution in [2.75, 3.05) is 11.4 Å². The van der Waals surface area contributed by atoms with Crippen molar-refractivity contribution in [3.05, 3.63) is 28.7 Å². The van der Waals surface area contributed by atoms with Crippen molar-refractivity contribution >= 4 is 33.4 Å². The van der Waals surface area contributed by atoms with E-state index in [4.69, 9.17) is 0 Å². The van der Waals surface area contributed by atoms with E-state index < -0.39 is 0 Å². The molecule has 2 aliphatic rings. The lowest BCUT2D eigenvalue weighted by atomic mass is 9.95. The lowest BCUT2D eigenvalue weighted by molar-refractivity contribution is -0.127. The Balaban J connectivity index is 1.64. The lowest BCUT2D eigenvalue weighted by Gasteiger charge is -2.24. The minimum atomic E-state index is -0.235. The third kappa shape index (κ3) is 3.35. The van der Waals surface area contributed by atoms with E-state index in [1.165, 1.54) is 19.3 Å². The summed E-state index contributed by atoms with van der Waals surface area (Å²) in [6.07, 6.45) is 6.10. The Morgan fingerprint density at radius 2 is 1.91 bits per heavy atom. The highest BCUT2D eigenvalue weighted by molar-refractivity contribution is 9.10. The van der Waals surface area contributed by atoms with Crippen LogP contribution in [0.4, 0.5) is 5.69 Å². The molecule has 1 atom stereocenters. The van der Waals surface area contributed by atoms with Crippen LogP contribution in [0, 0.1) is 5.92 Å². The van der Waals surface area contributed by atoms with Gasteiger partial charge in [-0.25, -0.2) is 0 Å². The number of rotatable bonds is 3. The average Bonchev–Trinajstić information content (AvgIpc) is 2.91. The molecule has 1 saturated carbocycles. The molecule has 118 valence electrons. The number of benzene rings is 1. The molecule has 0 bridgehead atoms. The van der Waals surface area contributed by atoms with Crippen LogP contribution in [0.25, 0.3) is 0 Å². The molecule has 1 N–H and O–H groups in total. The Morgan fingerprint density at radius 1 is 1.18 bits per heavy atom. The molecule has 1 aliphatic heterocycles. The Hall–Kier alpha value is -1.36. The first kappa shape index (κ1) is 15.5. The van der Waals surface area contributed by atoms with Gasteiger partial charge in [0.25, 0.3) is 0 Å². The van der Waals surface area contributed by atoms with Crippen molar-refractivity contribution in [2.45, 2.75) is 44.6 Å². The van der Waals surface area contributed by atoms with Gasteiger partial charge < -0.3 is 10.2 Å². The number of para-hydroxylation sites is 1. The van der Waals surface area contributed by atoms with Gasteiger partial charge in [-0.1, -0.05) is 31.4 Å². The fourth-order valence-corrected chi connectivity index (χ4v) is 3.85. The van der Waals surface area contributed by atoms with Crippen LogP contribution in [0.2, 0.25) is 0 Å². The second kappa shape index (κ2) is 6.82. The van der Waals surface area contributed by atoms with Gasteiger partial charge in [-0.15, -0.1) is 0 Å². The van der Waals surface area contributed by atoms with Gasteiger partial charge in [0, 0.05) is 23.5 Å². The molecule has 3 rings (SSSR count). The van der Waals surface area contributed by atoms with Gasteiger partial charge in [-0.2, -0.15) is 0 Å². The van der Waals surface area contributed by atoms with Crippen molar-refractivity contribution in [3.63, 3.8) is 0 Å². The van der Waals surface area contributed by atoms with Crippen LogP contribution >= 0.6 is 15.9 Å². The number of nitrogens with zero attached hydrogens (tertiary/aromatic N) is 1. The number of carbonyl (C=O) groups excluding carboxylic acids is 2. The van der Waals surface area contributed by atoms with Crippen molar-refractivity contribution in [3.8, 4) is 0 Å². The van der Waals surface area contributed by atoms with Crippen LogP contribution in [-0.2, 0) is 9.59 Å².